The van der Waals surface area contributed by atoms with Gasteiger partial charge in [-0.1, -0.05) is 27.5 Å². The Morgan fingerprint density at radius 1 is 1.14 bits per heavy atom. The third-order valence-electron chi connectivity index (χ3n) is 3.06. The fourth-order valence-electron chi connectivity index (χ4n) is 1.91. The van der Waals surface area contributed by atoms with Crippen LogP contribution < -0.4 is 20.3 Å². The third kappa shape index (κ3) is 3.81. The average molecular weight is 372 g/mol. The smallest absolute Gasteiger partial charge is 0.137 e. The second-order valence-corrected chi connectivity index (χ2v) is 5.67. The van der Waals surface area contributed by atoms with Crippen LogP contribution in [0.2, 0.25) is 5.02 Å². The van der Waals surface area contributed by atoms with Gasteiger partial charge in [-0.3, -0.25) is 0 Å². The van der Waals surface area contributed by atoms with Crippen LogP contribution in [-0.2, 0) is 6.54 Å². The molecule has 0 saturated heterocycles. The van der Waals surface area contributed by atoms with Gasteiger partial charge in [0.15, 0.2) is 0 Å². The van der Waals surface area contributed by atoms with Gasteiger partial charge < -0.3 is 14.5 Å². The zero-order chi connectivity index (χ0) is 15.4. The number of ether oxygens (including phenoxy) is 2. The van der Waals surface area contributed by atoms with E-state index in [9.17, 15) is 0 Å². The standard InChI is InChI=1S/C15H16BrClN2O2/c1-20-12-4-5-13(16)10(7-12)9-19(18)11-3-6-15(21-2)14(17)8-11/h3-8H,9,18H2,1-2H3. The number of anilines is 1. The molecular formula is C15H16BrClN2O2. The molecule has 6 heteroatoms. The Morgan fingerprint density at radius 3 is 2.52 bits per heavy atom. The fraction of sp³-hybridized carbons (Fsp3) is 0.200. The molecule has 21 heavy (non-hydrogen) atoms. The summed E-state index contributed by atoms with van der Waals surface area (Å²) in [6.07, 6.45) is 0. The Balaban J connectivity index is 2.21. The quantitative estimate of drug-likeness (QED) is 0.637. The number of rotatable bonds is 5. The van der Waals surface area contributed by atoms with Crippen LogP contribution in [0, 0.1) is 0 Å². The Morgan fingerprint density at radius 2 is 1.90 bits per heavy atom. The van der Waals surface area contributed by atoms with Gasteiger partial charge in [-0.2, -0.15) is 0 Å². The minimum atomic E-state index is 0.514. The maximum atomic E-state index is 6.12. The van der Waals surface area contributed by atoms with Crippen LogP contribution in [0.5, 0.6) is 11.5 Å². The second kappa shape index (κ2) is 7.02. The highest BCUT2D eigenvalue weighted by atomic mass is 79.9. The highest BCUT2D eigenvalue weighted by Gasteiger charge is 2.09. The van der Waals surface area contributed by atoms with E-state index in [4.69, 9.17) is 26.9 Å². The zero-order valence-electron chi connectivity index (χ0n) is 11.8. The van der Waals surface area contributed by atoms with E-state index in [-0.39, 0.29) is 0 Å². The first-order valence-corrected chi connectivity index (χ1v) is 7.40. The van der Waals surface area contributed by atoms with E-state index in [1.54, 1.807) is 31.4 Å². The van der Waals surface area contributed by atoms with E-state index >= 15 is 0 Å². The maximum Gasteiger partial charge on any atom is 0.137 e. The molecule has 0 atom stereocenters. The van der Waals surface area contributed by atoms with Crippen molar-refractivity contribution in [3.8, 4) is 11.5 Å². The predicted molar refractivity (Wildman–Crippen MR) is 89.1 cm³/mol. The largest absolute Gasteiger partial charge is 0.497 e. The average Bonchev–Trinajstić information content (AvgIpc) is 2.49. The van der Waals surface area contributed by atoms with Gasteiger partial charge in [-0.25, -0.2) is 5.84 Å². The number of halogens is 2. The van der Waals surface area contributed by atoms with Crippen LogP contribution in [0.1, 0.15) is 5.56 Å². The second-order valence-electron chi connectivity index (χ2n) is 4.40. The number of hydrogen-bond donors (Lipinski definition) is 1. The number of methoxy groups -OCH3 is 2. The molecule has 2 rings (SSSR count). The lowest BCUT2D eigenvalue weighted by Crippen LogP contribution is -2.30. The van der Waals surface area contributed by atoms with Crippen molar-refractivity contribution in [2.24, 2.45) is 5.84 Å². The summed E-state index contributed by atoms with van der Waals surface area (Å²) in [7, 11) is 3.21. The van der Waals surface area contributed by atoms with Gasteiger partial charge in [-0.05, 0) is 42.0 Å². The highest BCUT2D eigenvalue weighted by molar-refractivity contribution is 9.10. The lowest BCUT2D eigenvalue weighted by molar-refractivity contribution is 0.414. The Labute approximate surface area is 137 Å². The summed E-state index contributed by atoms with van der Waals surface area (Å²) in [4.78, 5) is 0. The van der Waals surface area contributed by atoms with Crippen LogP contribution in [-0.4, -0.2) is 14.2 Å². The number of benzene rings is 2. The molecule has 4 nitrogen and oxygen atoms in total. The van der Waals surface area contributed by atoms with E-state index in [2.05, 4.69) is 15.9 Å². The summed E-state index contributed by atoms with van der Waals surface area (Å²) in [6.45, 7) is 0.514. The van der Waals surface area contributed by atoms with Crippen LogP contribution in [0.3, 0.4) is 0 Å². The fourth-order valence-corrected chi connectivity index (χ4v) is 2.53. The predicted octanol–water partition coefficient (Wildman–Crippen LogP) is 4.00. The third-order valence-corrected chi connectivity index (χ3v) is 4.13. The molecule has 0 aliphatic rings. The molecule has 2 aromatic rings. The lowest BCUT2D eigenvalue weighted by atomic mass is 10.2. The minimum Gasteiger partial charge on any atom is -0.497 e. The molecule has 0 spiro atoms. The van der Waals surface area contributed by atoms with Crippen LogP contribution in [0.15, 0.2) is 40.9 Å². The topological polar surface area (TPSA) is 47.7 Å². The van der Waals surface area contributed by atoms with Crippen molar-refractivity contribution in [2.75, 3.05) is 19.2 Å². The first-order valence-electron chi connectivity index (χ1n) is 6.23. The molecule has 0 heterocycles. The molecule has 0 aliphatic carbocycles. The Kier molecular flexibility index (Phi) is 5.33. The molecule has 2 aromatic carbocycles. The van der Waals surface area contributed by atoms with Crippen molar-refractivity contribution in [2.45, 2.75) is 6.54 Å². The Hall–Kier alpha value is -1.43. The van der Waals surface area contributed by atoms with Crippen molar-refractivity contribution in [1.82, 2.24) is 0 Å². The first kappa shape index (κ1) is 15.9. The SMILES string of the molecule is COc1ccc(Br)c(CN(N)c2ccc(OC)c(Cl)c2)c1. The summed E-state index contributed by atoms with van der Waals surface area (Å²) >= 11 is 9.63. The van der Waals surface area contributed by atoms with Gasteiger partial charge in [0, 0.05) is 4.47 Å². The molecular weight excluding hydrogens is 356 g/mol. The highest BCUT2D eigenvalue weighted by Crippen LogP contribution is 2.30. The first-order chi connectivity index (χ1) is 10.0. The van der Waals surface area contributed by atoms with Crippen molar-refractivity contribution in [3.63, 3.8) is 0 Å². The molecule has 0 saturated carbocycles. The molecule has 0 radical (unpaired) electrons. The molecule has 0 unspecified atom stereocenters. The van der Waals surface area contributed by atoms with Crippen molar-refractivity contribution < 1.29 is 9.47 Å². The normalized spacial score (nSPS) is 10.3. The van der Waals surface area contributed by atoms with E-state index < -0.39 is 0 Å². The summed E-state index contributed by atoms with van der Waals surface area (Å²) in [5.74, 6) is 7.53. The summed E-state index contributed by atoms with van der Waals surface area (Å²) in [6, 6.07) is 11.2. The van der Waals surface area contributed by atoms with E-state index in [0.717, 1.165) is 21.5 Å². The molecule has 0 aliphatic heterocycles. The van der Waals surface area contributed by atoms with Gasteiger partial charge in [0.1, 0.15) is 11.5 Å². The van der Waals surface area contributed by atoms with Crippen LogP contribution >= 0.6 is 27.5 Å². The van der Waals surface area contributed by atoms with Gasteiger partial charge in [0.05, 0.1) is 31.5 Å². The summed E-state index contributed by atoms with van der Waals surface area (Å²) < 4.78 is 11.3. The van der Waals surface area contributed by atoms with E-state index in [1.807, 2.05) is 24.3 Å². The van der Waals surface area contributed by atoms with E-state index in [0.29, 0.717) is 17.3 Å². The number of nitrogens with two attached hydrogens (primary N) is 1. The Bertz CT molecular complexity index is 637. The monoisotopic (exact) mass is 370 g/mol. The maximum absolute atomic E-state index is 6.12. The zero-order valence-corrected chi connectivity index (χ0v) is 14.1. The van der Waals surface area contributed by atoms with Gasteiger partial charge in [-0.15, -0.1) is 0 Å². The summed E-state index contributed by atoms with van der Waals surface area (Å²) in [5, 5.41) is 2.14. The van der Waals surface area contributed by atoms with E-state index in [1.165, 1.54) is 0 Å². The molecule has 2 N–H and O–H groups in total. The molecule has 0 amide bonds. The van der Waals surface area contributed by atoms with Crippen molar-refractivity contribution in [1.29, 1.82) is 0 Å². The van der Waals surface area contributed by atoms with Crippen molar-refractivity contribution >= 4 is 33.2 Å². The number of nitrogens with zero attached hydrogens (tertiary/aromatic N) is 1. The minimum absolute atomic E-state index is 0.514. The van der Waals surface area contributed by atoms with Gasteiger partial charge >= 0.3 is 0 Å². The lowest BCUT2D eigenvalue weighted by Gasteiger charge is -2.20. The van der Waals surface area contributed by atoms with Gasteiger partial charge in [0.25, 0.3) is 0 Å². The molecule has 112 valence electrons. The number of hydrazine groups is 1. The summed E-state index contributed by atoms with van der Waals surface area (Å²) in [5.41, 5.74) is 1.82. The van der Waals surface area contributed by atoms with Gasteiger partial charge in [0.2, 0.25) is 0 Å². The van der Waals surface area contributed by atoms with Crippen LogP contribution in [0.25, 0.3) is 0 Å². The number of hydrogen-bond acceptors (Lipinski definition) is 4. The molecule has 0 bridgehead atoms. The van der Waals surface area contributed by atoms with Crippen molar-refractivity contribution in [3.05, 3.63) is 51.5 Å². The molecule has 0 fully saturated rings. The molecule has 0 aromatic heterocycles. The van der Waals surface area contributed by atoms with Crippen LogP contribution in [0.4, 0.5) is 5.69 Å².